The molecule has 4 rings (SSSR count). The molecule has 3 aromatic rings. The maximum atomic E-state index is 13.7. The molecule has 0 spiro atoms. The van der Waals surface area contributed by atoms with Crippen LogP contribution in [-0.2, 0) is 7.05 Å². The minimum atomic E-state index is -1.00. The van der Waals surface area contributed by atoms with Crippen LogP contribution in [0.2, 0.25) is 0 Å². The summed E-state index contributed by atoms with van der Waals surface area (Å²) in [6, 6.07) is 4.20. The number of nitrogens with zero attached hydrogens (tertiary/aromatic N) is 4. The lowest BCUT2D eigenvalue weighted by Crippen LogP contribution is -2.20. The average molecular weight is 367 g/mol. The Hall–Kier alpha value is -3.18. The molecular weight excluding hydrogens is 349 g/mol. The topological polar surface area (TPSA) is 110 Å². The van der Waals surface area contributed by atoms with Crippen molar-refractivity contribution >= 4 is 17.0 Å². The van der Waals surface area contributed by atoms with E-state index in [1.54, 1.807) is 17.7 Å². The second-order valence-electron chi connectivity index (χ2n) is 6.72. The van der Waals surface area contributed by atoms with Gasteiger partial charge >= 0.3 is 0 Å². The Kier molecular flexibility index (Phi) is 3.97. The van der Waals surface area contributed by atoms with Crippen molar-refractivity contribution in [3.63, 3.8) is 0 Å². The van der Waals surface area contributed by atoms with Crippen molar-refractivity contribution in [2.45, 2.75) is 31.3 Å². The number of hydrogen-bond acceptors (Lipinski definition) is 6. The van der Waals surface area contributed by atoms with Gasteiger partial charge in [0.25, 0.3) is 0 Å². The van der Waals surface area contributed by atoms with Crippen LogP contribution in [0.15, 0.2) is 18.2 Å². The Morgan fingerprint density at radius 3 is 2.70 bits per heavy atom. The van der Waals surface area contributed by atoms with Gasteiger partial charge in [0.2, 0.25) is 5.82 Å². The van der Waals surface area contributed by atoms with Crippen molar-refractivity contribution in [2.75, 3.05) is 5.73 Å². The molecule has 1 aromatic carbocycles. The Labute approximate surface area is 154 Å². The van der Waals surface area contributed by atoms with E-state index in [2.05, 4.69) is 26.8 Å². The fraction of sp³-hybridized carbons (Fsp3) is 0.316. The van der Waals surface area contributed by atoms with E-state index in [4.69, 9.17) is 5.73 Å². The molecule has 0 unspecified atom stereocenters. The molecule has 2 heterocycles. The highest BCUT2D eigenvalue weighted by atomic mass is 19.1. The van der Waals surface area contributed by atoms with Gasteiger partial charge in [0.15, 0.2) is 28.5 Å². The molecule has 0 amide bonds. The van der Waals surface area contributed by atoms with Gasteiger partial charge in [0.1, 0.15) is 11.4 Å². The number of rotatable bonds is 1. The predicted octanol–water partition coefficient (Wildman–Crippen LogP) is 2.11. The molecule has 0 radical (unpaired) electrons. The molecule has 138 valence electrons. The van der Waals surface area contributed by atoms with Gasteiger partial charge in [-0.05, 0) is 43.7 Å². The van der Waals surface area contributed by atoms with Crippen LogP contribution in [0.1, 0.15) is 31.5 Å². The van der Waals surface area contributed by atoms with Crippen LogP contribution in [0.5, 0.6) is 5.75 Å². The fourth-order valence-corrected chi connectivity index (χ4v) is 3.33. The first-order valence-electron chi connectivity index (χ1n) is 8.61. The molecule has 7 nitrogen and oxygen atoms in total. The summed E-state index contributed by atoms with van der Waals surface area (Å²) < 4.78 is 15.3. The van der Waals surface area contributed by atoms with Crippen molar-refractivity contribution in [2.24, 2.45) is 7.05 Å². The normalized spacial score (nSPS) is 15.7. The molecule has 27 heavy (non-hydrogen) atoms. The zero-order chi connectivity index (χ0) is 19.2. The Morgan fingerprint density at radius 2 is 1.96 bits per heavy atom. The Bertz CT molecular complexity index is 1110. The van der Waals surface area contributed by atoms with Gasteiger partial charge < -0.3 is 20.5 Å². The van der Waals surface area contributed by atoms with Crippen molar-refractivity contribution in [3.05, 3.63) is 29.8 Å². The number of aliphatic hydroxyl groups is 1. The summed E-state index contributed by atoms with van der Waals surface area (Å²) in [4.78, 5) is 12.9. The van der Waals surface area contributed by atoms with E-state index in [1.807, 2.05) is 0 Å². The highest BCUT2D eigenvalue weighted by molar-refractivity contribution is 5.86. The molecule has 4 N–H and O–H groups in total. The van der Waals surface area contributed by atoms with Crippen molar-refractivity contribution in [1.82, 2.24) is 19.5 Å². The lowest BCUT2D eigenvalue weighted by Gasteiger charge is -2.12. The number of halogens is 1. The smallest absolute Gasteiger partial charge is 0.209 e. The van der Waals surface area contributed by atoms with E-state index in [0.717, 1.165) is 18.9 Å². The molecular formula is C19H18FN5O2. The quantitative estimate of drug-likeness (QED) is 0.568. The molecule has 0 bridgehead atoms. The molecule has 1 aliphatic carbocycles. The number of aryl methyl sites for hydroxylation is 1. The molecule has 0 aliphatic heterocycles. The average Bonchev–Trinajstić information content (AvgIpc) is 3.21. The standard InChI is InChI=1S/C19H18FN5O2/c1-25-17(11-5-4-6-12(20)15(11)26)24-14-16(21)22-13(23-18(14)25)7-10-19(27)8-2-3-9-19/h4-6,26-27H,2-3,8-9H2,1H3,(H2,21,22,23). The van der Waals surface area contributed by atoms with Crippen molar-refractivity contribution in [3.8, 4) is 29.0 Å². The van der Waals surface area contributed by atoms with Crippen LogP contribution >= 0.6 is 0 Å². The van der Waals surface area contributed by atoms with Crippen LogP contribution in [0.25, 0.3) is 22.6 Å². The Morgan fingerprint density at radius 1 is 1.22 bits per heavy atom. The van der Waals surface area contributed by atoms with Crippen LogP contribution in [-0.4, -0.2) is 35.3 Å². The fourth-order valence-electron chi connectivity index (χ4n) is 3.33. The van der Waals surface area contributed by atoms with Gasteiger partial charge in [-0.3, -0.25) is 0 Å². The van der Waals surface area contributed by atoms with Gasteiger partial charge in [-0.15, -0.1) is 0 Å². The number of imidazole rings is 1. The van der Waals surface area contributed by atoms with Crippen molar-refractivity contribution in [1.29, 1.82) is 0 Å². The number of benzene rings is 1. The maximum Gasteiger partial charge on any atom is 0.209 e. The summed E-state index contributed by atoms with van der Waals surface area (Å²) >= 11 is 0. The summed E-state index contributed by atoms with van der Waals surface area (Å²) in [6.07, 6.45) is 3.14. The number of hydrogen-bond donors (Lipinski definition) is 3. The minimum Gasteiger partial charge on any atom is -0.504 e. The third-order valence-electron chi connectivity index (χ3n) is 4.81. The van der Waals surface area contributed by atoms with Gasteiger partial charge in [-0.1, -0.05) is 12.0 Å². The number of para-hydroxylation sites is 1. The van der Waals surface area contributed by atoms with E-state index in [0.29, 0.717) is 29.8 Å². The van der Waals surface area contributed by atoms with Gasteiger partial charge in [0, 0.05) is 7.05 Å². The molecule has 8 heteroatoms. The van der Waals surface area contributed by atoms with Crippen LogP contribution in [0.3, 0.4) is 0 Å². The van der Waals surface area contributed by atoms with E-state index >= 15 is 0 Å². The Balaban J connectivity index is 1.83. The number of aromatic nitrogens is 4. The number of nitrogens with two attached hydrogens (primary N) is 1. The summed E-state index contributed by atoms with van der Waals surface area (Å²) in [6.45, 7) is 0. The van der Waals surface area contributed by atoms with Crippen molar-refractivity contribution < 1.29 is 14.6 Å². The van der Waals surface area contributed by atoms with Gasteiger partial charge in [-0.2, -0.15) is 0 Å². The lowest BCUT2D eigenvalue weighted by molar-refractivity contribution is 0.110. The van der Waals surface area contributed by atoms with E-state index in [9.17, 15) is 14.6 Å². The zero-order valence-electron chi connectivity index (χ0n) is 14.7. The maximum absolute atomic E-state index is 13.7. The number of aromatic hydroxyl groups is 1. The van der Waals surface area contributed by atoms with E-state index < -0.39 is 17.2 Å². The number of fused-ring (bicyclic) bond motifs is 1. The first kappa shape index (κ1) is 17.2. The molecule has 0 atom stereocenters. The summed E-state index contributed by atoms with van der Waals surface area (Å²) in [5.41, 5.74) is 5.97. The van der Waals surface area contributed by atoms with E-state index in [-0.39, 0.29) is 17.2 Å². The van der Waals surface area contributed by atoms with Gasteiger partial charge in [-0.25, -0.2) is 19.3 Å². The predicted molar refractivity (Wildman–Crippen MR) is 98.1 cm³/mol. The molecule has 1 aliphatic rings. The molecule has 2 aromatic heterocycles. The first-order chi connectivity index (χ1) is 12.9. The van der Waals surface area contributed by atoms with Crippen LogP contribution < -0.4 is 5.73 Å². The molecule has 1 saturated carbocycles. The summed E-state index contributed by atoms with van der Waals surface area (Å²) in [5.74, 6) is 5.03. The highest BCUT2D eigenvalue weighted by Gasteiger charge is 2.28. The number of phenolic OH excluding ortho intramolecular Hbond substituents is 1. The lowest BCUT2D eigenvalue weighted by atomic mass is 10.0. The minimum absolute atomic E-state index is 0.125. The molecule has 1 fully saturated rings. The van der Waals surface area contributed by atoms with Crippen LogP contribution in [0.4, 0.5) is 10.2 Å². The summed E-state index contributed by atoms with van der Waals surface area (Å²) in [7, 11) is 1.68. The molecule has 0 saturated heterocycles. The van der Waals surface area contributed by atoms with Gasteiger partial charge in [0.05, 0.1) is 5.56 Å². The number of phenols is 1. The SMILES string of the molecule is Cn1c(-c2cccc(F)c2O)nc2c(N)nc(C#CC3(O)CCCC3)nc21. The monoisotopic (exact) mass is 367 g/mol. The second-order valence-corrected chi connectivity index (χ2v) is 6.72. The van der Waals surface area contributed by atoms with E-state index in [1.165, 1.54) is 6.07 Å². The summed E-state index contributed by atoms with van der Waals surface area (Å²) in [5, 5.41) is 20.4. The largest absolute Gasteiger partial charge is 0.504 e. The van der Waals surface area contributed by atoms with Crippen LogP contribution in [0, 0.1) is 17.7 Å². The zero-order valence-corrected chi connectivity index (χ0v) is 14.7. The first-order valence-corrected chi connectivity index (χ1v) is 8.61. The second kappa shape index (κ2) is 6.21. The number of anilines is 1. The highest BCUT2D eigenvalue weighted by Crippen LogP contribution is 2.33. The third kappa shape index (κ3) is 2.96. The third-order valence-corrected chi connectivity index (χ3v) is 4.81. The number of nitrogen functional groups attached to an aromatic ring is 1.